The Morgan fingerprint density at radius 3 is 2.46 bits per heavy atom. The fourth-order valence-electron chi connectivity index (χ4n) is 3.65. The molecule has 1 N–H and O–H groups in total. The molecule has 1 unspecified atom stereocenters. The molecule has 2 heterocycles. The first-order valence-electron chi connectivity index (χ1n) is 10.7. The van der Waals surface area contributed by atoms with Crippen molar-refractivity contribution in [2.75, 3.05) is 31.8 Å². The van der Waals surface area contributed by atoms with Gasteiger partial charge in [-0.25, -0.2) is 16.8 Å². The first-order chi connectivity index (χ1) is 16.6. The fraction of sp³-hybridized carbons (Fsp3) is 0.318. The van der Waals surface area contributed by atoms with Crippen molar-refractivity contribution in [3.8, 4) is 11.5 Å². The normalized spacial score (nSPS) is 16.5. The van der Waals surface area contributed by atoms with E-state index in [-0.39, 0.29) is 45.5 Å². The SMILES string of the molecule is CN(CC1CCCO1)S(=O)(=O)c1ccc(C(=O)Nc2nnc(-c3ccccc3S(C)(=O)=O)o2)cc1. The van der Waals surface area contributed by atoms with Gasteiger partial charge in [-0.2, -0.15) is 4.31 Å². The molecule has 0 bridgehead atoms. The third-order valence-corrected chi connectivity index (χ3v) is 8.46. The molecule has 35 heavy (non-hydrogen) atoms. The van der Waals surface area contributed by atoms with Crippen LogP contribution in [-0.2, 0) is 24.6 Å². The Bertz CT molecular complexity index is 1430. The minimum Gasteiger partial charge on any atom is -0.403 e. The Morgan fingerprint density at radius 1 is 1.09 bits per heavy atom. The zero-order chi connectivity index (χ0) is 25.2. The number of carbonyl (C=O) groups excluding carboxylic acids is 1. The maximum absolute atomic E-state index is 12.8. The van der Waals surface area contributed by atoms with E-state index in [1.165, 1.54) is 47.8 Å². The minimum absolute atomic E-state index is 0.0165. The number of sulfone groups is 1. The van der Waals surface area contributed by atoms with Crippen molar-refractivity contribution >= 4 is 31.8 Å². The van der Waals surface area contributed by atoms with Crippen LogP contribution >= 0.6 is 0 Å². The van der Waals surface area contributed by atoms with Crippen LogP contribution in [0.3, 0.4) is 0 Å². The van der Waals surface area contributed by atoms with Crippen molar-refractivity contribution in [2.45, 2.75) is 28.7 Å². The number of hydrogen-bond acceptors (Lipinski definition) is 9. The van der Waals surface area contributed by atoms with Crippen LogP contribution in [-0.4, -0.2) is 69.8 Å². The van der Waals surface area contributed by atoms with Gasteiger partial charge in [-0.1, -0.05) is 17.2 Å². The van der Waals surface area contributed by atoms with E-state index in [1.54, 1.807) is 12.1 Å². The molecule has 3 aromatic rings. The van der Waals surface area contributed by atoms with Gasteiger partial charge >= 0.3 is 6.01 Å². The molecule has 0 radical (unpaired) electrons. The van der Waals surface area contributed by atoms with E-state index in [2.05, 4.69) is 15.5 Å². The molecule has 2 aromatic carbocycles. The van der Waals surface area contributed by atoms with Gasteiger partial charge in [0.05, 0.1) is 21.5 Å². The van der Waals surface area contributed by atoms with Crippen LogP contribution in [0.15, 0.2) is 62.7 Å². The highest BCUT2D eigenvalue weighted by Gasteiger charge is 2.26. The van der Waals surface area contributed by atoms with Crippen LogP contribution in [0, 0.1) is 0 Å². The Balaban J connectivity index is 1.46. The third-order valence-electron chi connectivity index (χ3n) is 5.47. The average Bonchev–Trinajstić information content (AvgIpc) is 3.51. The molecule has 0 spiro atoms. The topological polar surface area (TPSA) is 149 Å². The minimum atomic E-state index is -3.74. The zero-order valence-electron chi connectivity index (χ0n) is 19.0. The van der Waals surface area contributed by atoms with Gasteiger partial charge in [0, 0.05) is 32.0 Å². The van der Waals surface area contributed by atoms with E-state index in [1.807, 2.05) is 0 Å². The maximum atomic E-state index is 12.8. The molecule has 1 aliphatic heterocycles. The smallest absolute Gasteiger partial charge is 0.322 e. The molecule has 186 valence electrons. The highest BCUT2D eigenvalue weighted by atomic mass is 32.2. The molecule has 1 saturated heterocycles. The zero-order valence-corrected chi connectivity index (χ0v) is 20.7. The van der Waals surface area contributed by atoms with Gasteiger partial charge in [0.15, 0.2) is 9.84 Å². The van der Waals surface area contributed by atoms with Crippen LogP contribution < -0.4 is 5.32 Å². The molecule has 4 rings (SSSR count). The van der Waals surface area contributed by atoms with Crippen molar-refractivity contribution < 1.29 is 30.8 Å². The summed E-state index contributed by atoms with van der Waals surface area (Å²) in [4.78, 5) is 12.7. The molecule has 1 aliphatic rings. The van der Waals surface area contributed by atoms with Crippen LogP contribution in [0.1, 0.15) is 23.2 Å². The number of benzene rings is 2. The summed E-state index contributed by atoms with van der Waals surface area (Å²) in [6.45, 7) is 0.890. The molecular weight excluding hydrogens is 496 g/mol. The number of carbonyl (C=O) groups is 1. The number of nitrogens with one attached hydrogen (secondary N) is 1. The monoisotopic (exact) mass is 520 g/mol. The molecule has 13 heteroatoms. The quantitative estimate of drug-likeness (QED) is 0.472. The van der Waals surface area contributed by atoms with Crippen molar-refractivity contribution in [3.63, 3.8) is 0 Å². The van der Waals surface area contributed by atoms with E-state index in [4.69, 9.17) is 9.15 Å². The molecular formula is C22H24N4O7S2. The van der Waals surface area contributed by atoms with E-state index in [0.29, 0.717) is 6.61 Å². The summed E-state index contributed by atoms with van der Waals surface area (Å²) in [5.41, 5.74) is 0.381. The van der Waals surface area contributed by atoms with Gasteiger partial charge < -0.3 is 9.15 Å². The van der Waals surface area contributed by atoms with Crippen LogP contribution in [0.4, 0.5) is 6.01 Å². The summed E-state index contributed by atoms with van der Waals surface area (Å²) in [7, 11) is -5.79. The highest BCUT2D eigenvalue weighted by Crippen LogP contribution is 2.27. The second-order valence-corrected chi connectivity index (χ2v) is 12.1. The number of rotatable bonds is 8. The molecule has 1 fully saturated rings. The van der Waals surface area contributed by atoms with Crippen LogP contribution in [0.2, 0.25) is 0 Å². The lowest BCUT2D eigenvalue weighted by Gasteiger charge is -2.20. The van der Waals surface area contributed by atoms with Crippen LogP contribution in [0.5, 0.6) is 0 Å². The molecule has 11 nitrogen and oxygen atoms in total. The first kappa shape index (κ1) is 25.0. The highest BCUT2D eigenvalue weighted by molar-refractivity contribution is 7.90. The fourth-order valence-corrected chi connectivity index (χ4v) is 5.73. The summed E-state index contributed by atoms with van der Waals surface area (Å²) in [5.74, 6) is -0.676. The summed E-state index contributed by atoms with van der Waals surface area (Å²) in [6, 6.07) is 11.3. The largest absolute Gasteiger partial charge is 0.403 e. The van der Waals surface area contributed by atoms with Crippen molar-refractivity contribution in [1.82, 2.24) is 14.5 Å². The number of ether oxygens (including phenoxy) is 1. The first-order valence-corrected chi connectivity index (χ1v) is 14.0. The van der Waals surface area contributed by atoms with Gasteiger partial charge in [0.2, 0.25) is 10.0 Å². The van der Waals surface area contributed by atoms with Crippen molar-refractivity contribution in [2.24, 2.45) is 0 Å². The molecule has 1 atom stereocenters. The Labute approximate surface area is 203 Å². The molecule has 1 aromatic heterocycles. The molecule has 0 aliphatic carbocycles. The number of likely N-dealkylation sites (N-methyl/N-ethyl adjacent to an activating group) is 1. The lowest BCUT2D eigenvalue weighted by Crippen LogP contribution is -2.34. The van der Waals surface area contributed by atoms with Gasteiger partial charge in [-0.3, -0.25) is 10.1 Å². The van der Waals surface area contributed by atoms with Gasteiger partial charge in [0.25, 0.3) is 11.8 Å². The lowest BCUT2D eigenvalue weighted by atomic mass is 10.2. The number of sulfonamides is 1. The Hall–Kier alpha value is -3.13. The van der Waals surface area contributed by atoms with E-state index >= 15 is 0 Å². The van der Waals surface area contributed by atoms with Crippen LogP contribution in [0.25, 0.3) is 11.5 Å². The second kappa shape index (κ2) is 9.85. The third kappa shape index (κ3) is 5.59. The Kier molecular flexibility index (Phi) is 7.03. The van der Waals surface area contributed by atoms with Gasteiger partial charge in [0.1, 0.15) is 0 Å². The van der Waals surface area contributed by atoms with E-state index < -0.39 is 25.8 Å². The lowest BCUT2D eigenvalue weighted by molar-refractivity contribution is 0.0979. The van der Waals surface area contributed by atoms with Gasteiger partial charge in [-0.05, 0) is 49.2 Å². The van der Waals surface area contributed by atoms with Crippen molar-refractivity contribution in [1.29, 1.82) is 0 Å². The maximum Gasteiger partial charge on any atom is 0.322 e. The number of hydrogen-bond donors (Lipinski definition) is 1. The average molecular weight is 521 g/mol. The predicted octanol–water partition coefficient (Wildman–Crippen LogP) is 2.19. The molecule has 0 saturated carbocycles. The number of anilines is 1. The van der Waals surface area contributed by atoms with E-state index in [0.717, 1.165) is 19.1 Å². The Morgan fingerprint density at radius 2 is 1.80 bits per heavy atom. The summed E-state index contributed by atoms with van der Waals surface area (Å²) in [6.07, 6.45) is 2.67. The number of aromatic nitrogens is 2. The van der Waals surface area contributed by atoms with E-state index in [9.17, 15) is 21.6 Å². The predicted molar refractivity (Wildman–Crippen MR) is 126 cm³/mol. The summed E-state index contributed by atoms with van der Waals surface area (Å²) < 4.78 is 61.9. The van der Waals surface area contributed by atoms with Gasteiger partial charge in [-0.15, -0.1) is 5.10 Å². The van der Waals surface area contributed by atoms with Crippen molar-refractivity contribution in [3.05, 3.63) is 54.1 Å². The standard InChI is InChI=1S/C22H24N4O7S2/c1-26(14-16-6-5-13-32-16)35(30,31)17-11-9-15(10-12-17)20(27)23-22-25-24-21(33-22)18-7-3-4-8-19(18)34(2,28)29/h3-4,7-12,16H,5-6,13-14H2,1-2H3,(H,23,25,27). The number of nitrogens with zero attached hydrogens (tertiary/aromatic N) is 3. The summed E-state index contributed by atoms with van der Waals surface area (Å²) >= 11 is 0. The second-order valence-electron chi connectivity index (χ2n) is 8.08. The molecule has 1 amide bonds. The summed E-state index contributed by atoms with van der Waals surface area (Å²) in [5, 5.41) is 10.0. The number of amides is 1.